The highest BCUT2D eigenvalue weighted by Crippen LogP contribution is 2.59. The molecule has 0 aromatic heterocycles. The number of allylic oxidation sites excluding steroid dienone is 2. The molecule has 0 aromatic rings. The topological polar surface area (TPSA) is 54.3 Å². The smallest absolute Gasteiger partial charge is 0.307 e. The summed E-state index contributed by atoms with van der Waals surface area (Å²) in [5.41, 5.74) is 0. The highest BCUT2D eigenvalue weighted by molar-refractivity contribution is 5.69. The molecule has 2 fully saturated rings. The maximum Gasteiger partial charge on any atom is 0.307 e. The minimum atomic E-state index is -0.130. The van der Waals surface area contributed by atoms with E-state index >= 15 is 0 Å². The van der Waals surface area contributed by atoms with Crippen LogP contribution in [0.2, 0.25) is 0 Å². The van der Waals surface area contributed by atoms with Crippen molar-refractivity contribution in [1.29, 1.82) is 0 Å². The van der Waals surface area contributed by atoms with Crippen molar-refractivity contribution in [3.05, 3.63) is 12.2 Å². The largest absolute Gasteiger partial charge is 0.466 e. The van der Waals surface area contributed by atoms with Gasteiger partial charge in [0.25, 0.3) is 0 Å². The van der Waals surface area contributed by atoms with Crippen molar-refractivity contribution in [2.75, 3.05) is 13.2 Å². The Labute approximate surface area is 119 Å². The zero-order chi connectivity index (χ0) is 13.7. The number of rotatable bonds is 4. The van der Waals surface area contributed by atoms with Gasteiger partial charge in [-0.3, -0.25) is 9.80 Å². The van der Waals surface area contributed by atoms with Gasteiger partial charge in [-0.2, -0.15) is 5.11 Å². The summed E-state index contributed by atoms with van der Waals surface area (Å²) in [7, 11) is 0. The number of nitrogens with zero attached hydrogens (tertiary/aromatic N) is 3. The van der Waals surface area contributed by atoms with E-state index in [1.165, 1.54) is 12.8 Å². The average Bonchev–Trinajstić information content (AvgIpc) is 3.15. The van der Waals surface area contributed by atoms with Crippen LogP contribution in [0.3, 0.4) is 0 Å². The zero-order valence-electron chi connectivity index (χ0n) is 11.8. The molecule has 0 amide bonds. The van der Waals surface area contributed by atoms with Crippen molar-refractivity contribution in [1.82, 2.24) is 5.01 Å². The standard InChI is InChI=1S/C15H21N3O2/c1-2-20-13(19)6-7-18-15-12-8-11(14(15)16-17-18)9-4-3-5-10(9)12/h3-4,9-12,14-15H,2,5-8H2,1H3/t9-,10+,11-,12-,14+,15-/m0/s1. The predicted molar refractivity (Wildman–Crippen MR) is 72.7 cm³/mol. The molecule has 0 N–H and O–H groups in total. The quantitative estimate of drug-likeness (QED) is 0.584. The van der Waals surface area contributed by atoms with Crippen LogP contribution < -0.4 is 0 Å². The summed E-state index contributed by atoms with van der Waals surface area (Å²) in [4.78, 5) is 11.5. The van der Waals surface area contributed by atoms with Crippen LogP contribution in [-0.4, -0.2) is 36.2 Å². The molecule has 108 valence electrons. The van der Waals surface area contributed by atoms with Crippen LogP contribution in [-0.2, 0) is 9.53 Å². The molecule has 0 unspecified atom stereocenters. The van der Waals surface area contributed by atoms with E-state index in [9.17, 15) is 4.79 Å². The van der Waals surface area contributed by atoms with Crippen LogP contribution in [0.25, 0.3) is 0 Å². The van der Waals surface area contributed by atoms with Gasteiger partial charge in [0.1, 0.15) is 0 Å². The number of carbonyl (C=O) groups excluding carboxylic acids is 1. The van der Waals surface area contributed by atoms with Gasteiger partial charge in [0.2, 0.25) is 0 Å². The summed E-state index contributed by atoms with van der Waals surface area (Å²) in [6.07, 6.45) is 7.68. The van der Waals surface area contributed by atoms with Crippen LogP contribution in [0.1, 0.15) is 26.2 Å². The first kappa shape index (κ1) is 12.4. The van der Waals surface area contributed by atoms with Crippen molar-refractivity contribution in [3.63, 3.8) is 0 Å². The van der Waals surface area contributed by atoms with Crippen molar-refractivity contribution >= 4 is 5.97 Å². The van der Waals surface area contributed by atoms with Gasteiger partial charge in [0, 0.05) is 6.54 Å². The van der Waals surface area contributed by atoms with Crippen LogP contribution in [0.5, 0.6) is 0 Å². The Morgan fingerprint density at radius 1 is 1.40 bits per heavy atom. The number of ether oxygens (including phenoxy) is 1. The minimum Gasteiger partial charge on any atom is -0.466 e. The fourth-order valence-electron chi connectivity index (χ4n) is 4.90. The number of hydrogen-bond acceptors (Lipinski definition) is 5. The van der Waals surface area contributed by atoms with Crippen molar-refractivity contribution in [2.24, 2.45) is 34.0 Å². The summed E-state index contributed by atoms with van der Waals surface area (Å²) in [6, 6.07) is 0.807. The van der Waals surface area contributed by atoms with Crippen LogP contribution in [0.4, 0.5) is 0 Å². The summed E-state index contributed by atoms with van der Waals surface area (Å²) in [6.45, 7) is 2.94. The summed E-state index contributed by atoms with van der Waals surface area (Å²) >= 11 is 0. The van der Waals surface area contributed by atoms with Gasteiger partial charge < -0.3 is 4.74 Å². The van der Waals surface area contributed by atoms with E-state index in [2.05, 4.69) is 27.5 Å². The average molecular weight is 275 g/mol. The van der Waals surface area contributed by atoms with E-state index in [1.807, 2.05) is 6.92 Å². The van der Waals surface area contributed by atoms with Crippen LogP contribution in [0, 0.1) is 23.7 Å². The summed E-state index contributed by atoms with van der Waals surface area (Å²) in [5.74, 6) is 2.81. The molecular formula is C15H21N3O2. The third-order valence-corrected chi connectivity index (χ3v) is 5.57. The Morgan fingerprint density at radius 3 is 3.15 bits per heavy atom. The molecule has 2 saturated carbocycles. The molecular weight excluding hydrogens is 254 g/mol. The lowest BCUT2D eigenvalue weighted by Gasteiger charge is -2.35. The van der Waals surface area contributed by atoms with Gasteiger partial charge in [0.15, 0.2) is 0 Å². The van der Waals surface area contributed by atoms with Crippen molar-refractivity contribution in [3.8, 4) is 0 Å². The third kappa shape index (κ3) is 1.64. The van der Waals surface area contributed by atoms with Gasteiger partial charge in [-0.05, 0) is 43.4 Å². The van der Waals surface area contributed by atoms with E-state index in [4.69, 9.17) is 4.74 Å². The Bertz CT molecular complexity index is 476. The molecule has 5 nitrogen and oxygen atoms in total. The van der Waals surface area contributed by atoms with E-state index in [1.54, 1.807) is 0 Å². The first-order chi connectivity index (χ1) is 9.79. The van der Waals surface area contributed by atoms with E-state index in [0.717, 1.165) is 11.8 Å². The van der Waals surface area contributed by atoms with E-state index in [-0.39, 0.29) is 5.97 Å². The summed E-state index contributed by atoms with van der Waals surface area (Å²) < 4.78 is 5.00. The molecule has 4 aliphatic rings. The molecule has 3 aliphatic carbocycles. The lowest BCUT2D eigenvalue weighted by Crippen LogP contribution is -2.45. The third-order valence-electron chi connectivity index (χ3n) is 5.57. The Hall–Kier alpha value is -1.39. The van der Waals surface area contributed by atoms with Gasteiger partial charge in [-0.15, -0.1) is 0 Å². The monoisotopic (exact) mass is 275 g/mol. The highest BCUT2D eigenvalue weighted by Gasteiger charge is 2.61. The van der Waals surface area contributed by atoms with Crippen LogP contribution in [0.15, 0.2) is 22.5 Å². The van der Waals surface area contributed by atoms with Gasteiger partial charge >= 0.3 is 5.97 Å². The lowest BCUT2D eigenvalue weighted by atomic mass is 9.76. The molecule has 0 radical (unpaired) electrons. The Balaban J connectivity index is 1.43. The van der Waals surface area contributed by atoms with E-state index < -0.39 is 0 Å². The molecule has 5 heteroatoms. The fourth-order valence-corrected chi connectivity index (χ4v) is 4.90. The Morgan fingerprint density at radius 2 is 2.30 bits per heavy atom. The lowest BCUT2D eigenvalue weighted by molar-refractivity contribution is -0.143. The molecule has 0 aromatic carbocycles. The first-order valence-electron chi connectivity index (χ1n) is 7.79. The van der Waals surface area contributed by atoms with E-state index in [0.29, 0.717) is 43.5 Å². The van der Waals surface area contributed by atoms with Crippen molar-refractivity contribution < 1.29 is 9.53 Å². The number of carbonyl (C=O) groups is 1. The number of esters is 1. The second-order valence-electron chi connectivity index (χ2n) is 6.37. The molecule has 6 atom stereocenters. The Kier molecular flexibility index (Phi) is 2.82. The maximum absolute atomic E-state index is 11.5. The van der Waals surface area contributed by atoms with Crippen LogP contribution >= 0.6 is 0 Å². The number of fused-ring (bicyclic) bond motifs is 8. The van der Waals surface area contributed by atoms with Gasteiger partial charge in [-0.25, -0.2) is 0 Å². The molecule has 4 rings (SSSR count). The second kappa shape index (κ2) is 4.57. The maximum atomic E-state index is 11.5. The summed E-state index contributed by atoms with van der Waals surface area (Å²) in [5, 5.41) is 10.9. The van der Waals surface area contributed by atoms with Crippen molar-refractivity contribution in [2.45, 2.75) is 38.3 Å². The molecule has 1 heterocycles. The number of hydrogen-bond donors (Lipinski definition) is 0. The predicted octanol–water partition coefficient (Wildman–Crippen LogP) is 2.20. The molecule has 0 spiro atoms. The SMILES string of the molecule is CCOC(=O)CCN1N=N[C@@H]2[C@H]3C[C@@H]([C@@H]4CC=C[C@@H]43)[C@@H]21. The normalized spacial score (nSPS) is 43.1. The first-order valence-corrected chi connectivity index (χ1v) is 7.79. The van der Waals surface area contributed by atoms with Gasteiger partial charge in [-0.1, -0.05) is 17.4 Å². The minimum absolute atomic E-state index is 0.130. The highest BCUT2D eigenvalue weighted by atomic mass is 16.5. The fraction of sp³-hybridized carbons (Fsp3) is 0.800. The molecule has 1 aliphatic heterocycles. The van der Waals surface area contributed by atoms with Gasteiger partial charge in [0.05, 0.1) is 25.1 Å². The molecule has 20 heavy (non-hydrogen) atoms. The molecule has 2 bridgehead atoms. The molecule has 0 saturated heterocycles. The second-order valence-corrected chi connectivity index (χ2v) is 6.37. The zero-order valence-corrected chi connectivity index (χ0v) is 11.8.